The van der Waals surface area contributed by atoms with Crippen LogP contribution in [0.25, 0.3) is 0 Å². The van der Waals surface area contributed by atoms with Crippen LogP contribution in [0.1, 0.15) is 13.3 Å². The van der Waals surface area contributed by atoms with Crippen LogP contribution in [-0.4, -0.2) is 24.0 Å². The zero-order chi connectivity index (χ0) is 11.0. The number of likely N-dealkylation sites (N-methyl/N-ethyl adjacent to an activating group) is 1. The standard InChI is InChI=1S/C10H12BrN3O/c1-3-8-10(15)13-7-4-6(11)5-12-9(7)14(8)2/h4-5,8H,3H2,1-2H3,(H,13,15). The van der Waals surface area contributed by atoms with Crippen LogP contribution in [0.5, 0.6) is 0 Å². The van der Waals surface area contributed by atoms with E-state index in [0.29, 0.717) is 0 Å². The zero-order valence-electron chi connectivity index (χ0n) is 8.62. The number of hydrogen-bond acceptors (Lipinski definition) is 3. The van der Waals surface area contributed by atoms with Gasteiger partial charge in [0.25, 0.3) is 0 Å². The van der Waals surface area contributed by atoms with Crippen LogP contribution in [0.15, 0.2) is 16.7 Å². The SMILES string of the molecule is CCC1C(=O)Nc2cc(Br)cnc2N1C. The van der Waals surface area contributed by atoms with Gasteiger partial charge in [-0.3, -0.25) is 4.79 Å². The predicted molar refractivity (Wildman–Crippen MR) is 63.0 cm³/mol. The fourth-order valence-corrected chi connectivity index (χ4v) is 2.14. The van der Waals surface area contributed by atoms with Crippen molar-refractivity contribution < 1.29 is 4.79 Å². The van der Waals surface area contributed by atoms with E-state index < -0.39 is 0 Å². The minimum atomic E-state index is -0.119. The number of carbonyl (C=O) groups is 1. The molecule has 1 amide bonds. The number of hydrogen-bond donors (Lipinski definition) is 1. The Kier molecular flexibility index (Phi) is 2.65. The van der Waals surface area contributed by atoms with E-state index in [0.717, 1.165) is 22.4 Å². The molecule has 0 spiro atoms. The average Bonchev–Trinajstić information content (AvgIpc) is 2.17. The summed E-state index contributed by atoms with van der Waals surface area (Å²) in [5, 5.41) is 2.86. The van der Waals surface area contributed by atoms with E-state index in [4.69, 9.17) is 0 Å². The summed E-state index contributed by atoms with van der Waals surface area (Å²) in [6.07, 6.45) is 2.51. The lowest BCUT2D eigenvalue weighted by Gasteiger charge is -2.33. The summed E-state index contributed by atoms with van der Waals surface area (Å²) < 4.78 is 0.866. The third-order valence-corrected chi connectivity index (χ3v) is 3.02. The fraction of sp³-hybridized carbons (Fsp3) is 0.400. The van der Waals surface area contributed by atoms with E-state index in [-0.39, 0.29) is 11.9 Å². The Hall–Kier alpha value is -1.10. The molecule has 0 bridgehead atoms. The molecule has 1 aromatic rings. The zero-order valence-corrected chi connectivity index (χ0v) is 10.2. The van der Waals surface area contributed by atoms with Crippen LogP contribution < -0.4 is 10.2 Å². The second-order valence-corrected chi connectivity index (χ2v) is 4.46. The van der Waals surface area contributed by atoms with Crippen molar-refractivity contribution in [2.75, 3.05) is 17.3 Å². The molecule has 0 fully saturated rings. The van der Waals surface area contributed by atoms with Crippen molar-refractivity contribution in [1.29, 1.82) is 0 Å². The molecule has 1 atom stereocenters. The van der Waals surface area contributed by atoms with Gasteiger partial charge in [0.05, 0.1) is 5.69 Å². The number of halogens is 1. The average molecular weight is 270 g/mol. The highest BCUT2D eigenvalue weighted by molar-refractivity contribution is 9.10. The Morgan fingerprint density at radius 1 is 1.67 bits per heavy atom. The predicted octanol–water partition coefficient (Wildman–Crippen LogP) is 2.01. The number of carbonyl (C=O) groups excluding carboxylic acids is 1. The van der Waals surface area contributed by atoms with Crippen LogP contribution >= 0.6 is 15.9 Å². The van der Waals surface area contributed by atoms with Gasteiger partial charge in [-0.15, -0.1) is 0 Å². The van der Waals surface area contributed by atoms with E-state index in [9.17, 15) is 4.79 Å². The number of nitrogens with one attached hydrogen (secondary N) is 1. The highest BCUT2D eigenvalue weighted by atomic mass is 79.9. The Balaban J connectivity index is 2.45. The monoisotopic (exact) mass is 269 g/mol. The largest absolute Gasteiger partial charge is 0.346 e. The lowest BCUT2D eigenvalue weighted by atomic mass is 10.1. The smallest absolute Gasteiger partial charge is 0.247 e. The lowest BCUT2D eigenvalue weighted by Crippen LogP contribution is -2.45. The van der Waals surface area contributed by atoms with Gasteiger partial charge in [-0.1, -0.05) is 6.92 Å². The minimum Gasteiger partial charge on any atom is -0.346 e. The first kappa shape index (κ1) is 10.4. The van der Waals surface area contributed by atoms with Gasteiger partial charge < -0.3 is 10.2 Å². The molecular formula is C10H12BrN3O. The van der Waals surface area contributed by atoms with Crippen molar-refractivity contribution in [2.24, 2.45) is 0 Å². The molecule has 0 radical (unpaired) electrons. The molecule has 2 heterocycles. The molecule has 0 aliphatic carbocycles. The molecule has 0 aromatic carbocycles. The topological polar surface area (TPSA) is 45.2 Å². The summed E-state index contributed by atoms with van der Waals surface area (Å²) in [5.74, 6) is 0.858. The normalized spacial score (nSPS) is 19.8. The van der Waals surface area contributed by atoms with Crippen molar-refractivity contribution >= 4 is 33.3 Å². The van der Waals surface area contributed by atoms with E-state index in [1.807, 2.05) is 24.9 Å². The number of anilines is 2. The Bertz CT molecular complexity index is 408. The number of fused-ring (bicyclic) bond motifs is 1. The van der Waals surface area contributed by atoms with Crippen molar-refractivity contribution in [3.8, 4) is 0 Å². The second-order valence-electron chi connectivity index (χ2n) is 3.55. The Labute approximate surface area is 96.8 Å². The van der Waals surface area contributed by atoms with Gasteiger partial charge in [-0.25, -0.2) is 4.98 Å². The first-order chi connectivity index (χ1) is 7.13. The molecule has 15 heavy (non-hydrogen) atoms. The van der Waals surface area contributed by atoms with Gasteiger partial charge in [0.1, 0.15) is 6.04 Å². The van der Waals surface area contributed by atoms with Crippen molar-refractivity contribution in [3.63, 3.8) is 0 Å². The molecule has 1 aliphatic rings. The molecule has 1 N–H and O–H groups in total. The van der Waals surface area contributed by atoms with Crippen LogP contribution in [0.4, 0.5) is 11.5 Å². The van der Waals surface area contributed by atoms with Crippen molar-refractivity contribution in [2.45, 2.75) is 19.4 Å². The van der Waals surface area contributed by atoms with E-state index >= 15 is 0 Å². The van der Waals surface area contributed by atoms with Crippen LogP contribution in [-0.2, 0) is 4.79 Å². The molecule has 0 saturated heterocycles. The summed E-state index contributed by atoms with van der Waals surface area (Å²) in [5.41, 5.74) is 0.765. The first-order valence-electron chi connectivity index (χ1n) is 4.82. The Morgan fingerprint density at radius 3 is 3.07 bits per heavy atom. The maximum absolute atomic E-state index is 11.7. The second kappa shape index (κ2) is 3.81. The summed E-state index contributed by atoms with van der Waals surface area (Å²) in [4.78, 5) is 17.9. The molecule has 5 heteroatoms. The summed E-state index contributed by atoms with van der Waals surface area (Å²) >= 11 is 3.33. The summed E-state index contributed by atoms with van der Waals surface area (Å²) in [6.45, 7) is 1.99. The highest BCUT2D eigenvalue weighted by Gasteiger charge is 2.29. The number of aromatic nitrogens is 1. The van der Waals surface area contributed by atoms with Gasteiger partial charge in [0, 0.05) is 17.7 Å². The maximum atomic E-state index is 11.7. The van der Waals surface area contributed by atoms with E-state index in [1.165, 1.54) is 0 Å². The van der Waals surface area contributed by atoms with Crippen LogP contribution in [0, 0.1) is 0 Å². The number of pyridine rings is 1. The number of amides is 1. The molecule has 80 valence electrons. The lowest BCUT2D eigenvalue weighted by molar-refractivity contribution is -0.117. The highest BCUT2D eigenvalue weighted by Crippen LogP contribution is 2.31. The summed E-state index contributed by atoms with van der Waals surface area (Å²) in [7, 11) is 1.90. The fourth-order valence-electron chi connectivity index (χ4n) is 1.80. The third-order valence-electron chi connectivity index (χ3n) is 2.58. The van der Waals surface area contributed by atoms with Gasteiger partial charge in [0.15, 0.2) is 5.82 Å². The molecule has 4 nitrogen and oxygen atoms in total. The maximum Gasteiger partial charge on any atom is 0.247 e. The molecular weight excluding hydrogens is 258 g/mol. The quantitative estimate of drug-likeness (QED) is 0.849. The Morgan fingerprint density at radius 2 is 2.40 bits per heavy atom. The first-order valence-corrected chi connectivity index (χ1v) is 5.62. The summed E-state index contributed by atoms with van der Waals surface area (Å²) in [6, 6.07) is 1.74. The molecule has 1 aliphatic heterocycles. The molecule has 1 unspecified atom stereocenters. The van der Waals surface area contributed by atoms with E-state index in [1.54, 1.807) is 6.20 Å². The third kappa shape index (κ3) is 1.71. The van der Waals surface area contributed by atoms with Crippen molar-refractivity contribution in [3.05, 3.63) is 16.7 Å². The number of nitrogens with zero attached hydrogens (tertiary/aromatic N) is 2. The van der Waals surface area contributed by atoms with Gasteiger partial charge in [-0.2, -0.15) is 0 Å². The van der Waals surface area contributed by atoms with Crippen LogP contribution in [0.2, 0.25) is 0 Å². The molecule has 1 aromatic heterocycles. The van der Waals surface area contributed by atoms with Gasteiger partial charge >= 0.3 is 0 Å². The molecule has 2 rings (SSSR count). The van der Waals surface area contributed by atoms with Gasteiger partial charge in [-0.05, 0) is 28.4 Å². The molecule has 0 saturated carbocycles. The minimum absolute atomic E-state index is 0.0346. The van der Waals surface area contributed by atoms with E-state index in [2.05, 4.69) is 26.2 Å². The van der Waals surface area contributed by atoms with Crippen molar-refractivity contribution in [1.82, 2.24) is 4.98 Å². The van der Waals surface area contributed by atoms with Crippen LogP contribution in [0.3, 0.4) is 0 Å². The van der Waals surface area contributed by atoms with Gasteiger partial charge in [0.2, 0.25) is 5.91 Å². The number of rotatable bonds is 1.